The van der Waals surface area contributed by atoms with E-state index in [0.29, 0.717) is 44.0 Å². The van der Waals surface area contributed by atoms with Crippen molar-refractivity contribution in [1.29, 1.82) is 0 Å². The number of carbonyl (C=O) groups is 1. The molecule has 0 radical (unpaired) electrons. The molecule has 2 atom stereocenters. The van der Waals surface area contributed by atoms with Gasteiger partial charge in [0.1, 0.15) is 5.82 Å². The lowest BCUT2D eigenvalue weighted by atomic mass is 10.1. The van der Waals surface area contributed by atoms with Crippen molar-refractivity contribution in [3.8, 4) is 11.5 Å². The van der Waals surface area contributed by atoms with E-state index in [9.17, 15) is 14.7 Å². The summed E-state index contributed by atoms with van der Waals surface area (Å²) in [7, 11) is 0. The van der Waals surface area contributed by atoms with Gasteiger partial charge in [0.2, 0.25) is 0 Å². The van der Waals surface area contributed by atoms with Crippen molar-refractivity contribution in [2.24, 2.45) is 5.10 Å². The minimum absolute atomic E-state index is 0.0188. The second kappa shape index (κ2) is 11.3. The highest BCUT2D eigenvalue weighted by atomic mass is 127. The van der Waals surface area contributed by atoms with Gasteiger partial charge in [-0.25, -0.2) is 9.78 Å². The summed E-state index contributed by atoms with van der Waals surface area (Å²) in [4.78, 5) is 29.3. The number of aromatic nitrogens is 2. The molecule has 0 aliphatic carbocycles. The van der Waals surface area contributed by atoms with Crippen LogP contribution in [0.5, 0.6) is 11.5 Å². The number of hydrogen-bond donors (Lipinski definition) is 1. The van der Waals surface area contributed by atoms with Gasteiger partial charge in [0, 0.05) is 10.4 Å². The molecule has 0 unspecified atom stereocenters. The summed E-state index contributed by atoms with van der Waals surface area (Å²) in [5.74, 6) is 0.276. The number of carboxylic acid groups (broad SMARTS) is 1. The average molecular weight is 642 g/mol. The van der Waals surface area contributed by atoms with Crippen LogP contribution in [0.25, 0.3) is 10.9 Å². The molecule has 1 heterocycles. The Kier molecular flexibility index (Phi) is 8.69. The fourth-order valence-corrected chi connectivity index (χ4v) is 4.28. The van der Waals surface area contributed by atoms with E-state index < -0.39 is 12.1 Å². The Morgan fingerprint density at radius 3 is 2.68 bits per heavy atom. The lowest BCUT2D eigenvalue weighted by molar-refractivity contribution is -0.144. The number of ether oxygens (including phenoxy) is 2. The Bertz CT molecular complexity index is 1310. The molecule has 10 heteroatoms. The molecule has 3 aromatic rings. The maximum absolute atomic E-state index is 13.3. The Balaban J connectivity index is 2.11. The number of aliphatic carboxylic acids is 1. The van der Waals surface area contributed by atoms with Crippen molar-refractivity contribution in [2.45, 2.75) is 46.1 Å². The van der Waals surface area contributed by atoms with Crippen LogP contribution in [0, 0.1) is 3.57 Å². The highest BCUT2D eigenvalue weighted by molar-refractivity contribution is 14.1. The first-order chi connectivity index (χ1) is 16.2. The molecular formula is C24H25BrIN3O5. The maximum Gasteiger partial charge on any atom is 0.344 e. The lowest BCUT2D eigenvalue weighted by Gasteiger charge is -2.17. The number of halogens is 2. The Morgan fingerprint density at radius 2 is 2.03 bits per heavy atom. The van der Waals surface area contributed by atoms with Crippen molar-refractivity contribution in [3.63, 3.8) is 0 Å². The van der Waals surface area contributed by atoms with Crippen LogP contribution in [-0.4, -0.2) is 39.7 Å². The first-order valence-electron chi connectivity index (χ1n) is 10.8. The molecule has 3 rings (SSSR count). The summed E-state index contributed by atoms with van der Waals surface area (Å²) in [6.07, 6.45) is 1.32. The van der Waals surface area contributed by atoms with Gasteiger partial charge in [-0.3, -0.25) is 4.79 Å². The van der Waals surface area contributed by atoms with Crippen LogP contribution < -0.4 is 15.0 Å². The van der Waals surface area contributed by atoms with E-state index in [4.69, 9.17) is 14.5 Å². The fourth-order valence-electron chi connectivity index (χ4n) is 3.17. The molecule has 2 aromatic carbocycles. The van der Waals surface area contributed by atoms with Crippen LogP contribution in [-0.2, 0) is 4.79 Å². The lowest BCUT2D eigenvalue weighted by Crippen LogP contribution is -2.24. The van der Waals surface area contributed by atoms with E-state index in [0.717, 1.165) is 10.9 Å². The van der Waals surface area contributed by atoms with Gasteiger partial charge >= 0.3 is 5.97 Å². The maximum atomic E-state index is 13.3. The minimum atomic E-state index is -1.07. The molecule has 0 bridgehead atoms. The largest absolute Gasteiger partial charge is 0.490 e. The number of rotatable bonds is 9. The van der Waals surface area contributed by atoms with E-state index in [2.05, 4.69) is 43.6 Å². The Labute approximate surface area is 219 Å². The zero-order valence-corrected chi connectivity index (χ0v) is 23.0. The molecule has 0 fully saturated rings. The molecule has 0 saturated carbocycles. The molecule has 180 valence electrons. The zero-order chi connectivity index (χ0) is 25.0. The van der Waals surface area contributed by atoms with Crippen molar-refractivity contribution in [2.75, 3.05) is 6.61 Å². The SMILES string of the molecule is CCOc1cc(C=Nn2c([C@@H](C)CC)nc3ccc(Br)cc3c2=O)cc(I)c1O[C@@H](C)C(=O)O. The van der Waals surface area contributed by atoms with Crippen LogP contribution in [0.15, 0.2) is 44.7 Å². The second-order valence-electron chi connectivity index (χ2n) is 7.66. The molecule has 8 nitrogen and oxygen atoms in total. The summed E-state index contributed by atoms with van der Waals surface area (Å²) in [5.41, 5.74) is 1.03. The summed E-state index contributed by atoms with van der Waals surface area (Å²) in [6, 6.07) is 8.90. The van der Waals surface area contributed by atoms with Gasteiger partial charge in [-0.1, -0.05) is 29.8 Å². The van der Waals surface area contributed by atoms with Gasteiger partial charge in [0.25, 0.3) is 5.56 Å². The van der Waals surface area contributed by atoms with E-state index >= 15 is 0 Å². The van der Waals surface area contributed by atoms with Gasteiger partial charge in [0.05, 0.1) is 27.3 Å². The number of benzene rings is 2. The Hall–Kier alpha value is -2.47. The molecular weight excluding hydrogens is 617 g/mol. The highest BCUT2D eigenvalue weighted by Crippen LogP contribution is 2.34. The molecule has 34 heavy (non-hydrogen) atoms. The molecule has 1 aromatic heterocycles. The van der Waals surface area contributed by atoms with Crippen LogP contribution >= 0.6 is 38.5 Å². The first kappa shape index (κ1) is 26.1. The van der Waals surface area contributed by atoms with E-state index in [1.807, 2.05) is 32.9 Å². The minimum Gasteiger partial charge on any atom is -0.490 e. The summed E-state index contributed by atoms with van der Waals surface area (Å²) in [6.45, 7) is 7.69. The molecule has 0 aliphatic rings. The van der Waals surface area contributed by atoms with E-state index in [1.54, 1.807) is 24.4 Å². The summed E-state index contributed by atoms with van der Waals surface area (Å²) < 4.78 is 14.1. The van der Waals surface area contributed by atoms with Crippen LogP contribution in [0.3, 0.4) is 0 Å². The number of fused-ring (bicyclic) bond motifs is 1. The number of nitrogens with zero attached hydrogens (tertiary/aromatic N) is 3. The third-order valence-corrected chi connectivity index (χ3v) is 6.48. The Morgan fingerprint density at radius 1 is 1.29 bits per heavy atom. The zero-order valence-electron chi connectivity index (χ0n) is 19.2. The third kappa shape index (κ3) is 5.77. The first-order valence-corrected chi connectivity index (χ1v) is 12.7. The average Bonchev–Trinajstić information content (AvgIpc) is 2.80. The molecule has 0 aliphatic heterocycles. The predicted molar refractivity (Wildman–Crippen MR) is 143 cm³/mol. The fraction of sp³-hybridized carbons (Fsp3) is 0.333. The standard InChI is InChI=1S/C24H25BrIN3O5/c1-5-13(3)22-28-19-8-7-16(25)11-17(19)23(30)29(22)27-12-15-9-18(26)21(20(10-15)33-6-2)34-14(4)24(31)32/h7-14H,5-6H2,1-4H3,(H,31,32)/t13-,14-/m0/s1. The topological polar surface area (TPSA) is 103 Å². The van der Waals surface area contributed by atoms with Crippen molar-refractivity contribution in [1.82, 2.24) is 9.66 Å². The number of hydrogen-bond acceptors (Lipinski definition) is 6. The van der Waals surface area contributed by atoms with Crippen LogP contribution in [0.2, 0.25) is 0 Å². The van der Waals surface area contributed by atoms with Gasteiger partial charge in [-0.2, -0.15) is 9.78 Å². The molecule has 0 saturated heterocycles. The van der Waals surface area contributed by atoms with Gasteiger partial charge in [-0.05, 0) is 78.8 Å². The normalized spacial score (nSPS) is 13.2. The van der Waals surface area contributed by atoms with Crippen molar-refractivity contribution < 1.29 is 19.4 Å². The third-order valence-electron chi connectivity index (χ3n) is 5.18. The van der Waals surface area contributed by atoms with Crippen LogP contribution in [0.1, 0.15) is 51.4 Å². The highest BCUT2D eigenvalue weighted by Gasteiger charge is 2.19. The van der Waals surface area contributed by atoms with Gasteiger partial charge in [0.15, 0.2) is 17.6 Å². The second-order valence-corrected chi connectivity index (χ2v) is 9.74. The van der Waals surface area contributed by atoms with Crippen LogP contribution in [0.4, 0.5) is 0 Å². The van der Waals surface area contributed by atoms with E-state index in [-0.39, 0.29) is 11.5 Å². The monoisotopic (exact) mass is 641 g/mol. The quantitative estimate of drug-likeness (QED) is 0.248. The molecule has 0 spiro atoms. The van der Waals surface area contributed by atoms with Crippen molar-refractivity contribution in [3.05, 3.63) is 60.1 Å². The number of carboxylic acids is 1. The summed E-state index contributed by atoms with van der Waals surface area (Å²) in [5, 5.41) is 14.2. The predicted octanol–water partition coefficient (Wildman–Crippen LogP) is 5.41. The van der Waals surface area contributed by atoms with E-state index in [1.165, 1.54) is 11.6 Å². The van der Waals surface area contributed by atoms with Crippen molar-refractivity contribution >= 4 is 61.6 Å². The smallest absolute Gasteiger partial charge is 0.344 e. The van der Waals surface area contributed by atoms with Gasteiger partial charge in [-0.15, -0.1) is 0 Å². The molecule has 1 N–H and O–H groups in total. The summed E-state index contributed by atoms with van der Waals surface area (Å²) >= 11 is 5.48. The molecule has 0 amide bonds. The van der Waals surface area contributed by atoms with Gasteiger partial charge < -0.3 is 14.6 Å².